The van der Waals surface area contributed by atoms with Crippen molar-refractivity contribution in [3.63, 3.8) is 0 Å². The highest BCUT2D eigenvalue weighted by atomic mass is 16.3. The number of benzene rings is 1. The maximum atomic E-state index is 11.7. The van der Waals surface area contributed by atoms with Crippen LogP contribution in [0.3, 0.4) is 0 Å². The van der Waals surface area contributed by atoms with Crippen LogP contribution in [0.15, 0.2) is 24.3 Å². The highest BCUT2D eigenvalue weighted by Crippen LogP contribution is 2.35. The van der Waals surface area contributed by atoms with Crippen LogP contribution in [0.25, 0.3) is 0 Å². The van der Waals surface area contributed by atoms with Gasteiger partial charge in [-0.1, -0.05) is 12.1 Å². The zero-order valence-corrected chi connectivity index (χ0v) is 13.7. The van der Waals surface area contributed by atoms with Crippen molar-refractivity contribution in [1.82, 2.24) is 10.6 Å². The van der Waals surface area contributed by atoms with Crippen molar-refractivity contribution < 1.29 is 9.90 Å². The summed E-state index contributed by atoms with van der Waals surface area (Å²) in [4.78, 5) is 11.7. The summed E-state index contributed by atoms with van der Waals surface area (Å²) in [5.74, 6) is 0.719. The van der Waals surface area contributed by atoms with Gasteiger partial charge >= 0.3 is 6.03 Å². The molecule has 3 rings (SSSR count). The standard InChI is InChI=1S/C18H27N3O2/c1-12(19-17(10-11-22)14-2-3-14)13-4-6-15(7-5-13)20-18(23)21-16-8-9-16/h4-7,12,14,16-17,19,22H,2-3,8-11H2,1H3,(H2,20,21,23). The molecule has 0 spiro atoms. The minimum Gasteiger partial charge on any atom is -0.396 e. The van der Waals surface area contributed by atoms with E-state index < -0.39 is 0 Å². The van der Waals surface area contributed by atoms with Crippen LogP contribution in [0.2, 0.25) is 0 Å². The SMILES string of the molecule is CC(NC(CCO)C1CC1)c1ccc(NC(=O)NC2CC2)cc1. The van der Waals surface area contributed by atoms with Crippen molar-refractivity contribution in [3.8, 4) is 0 Å². The van der Waals surface area contributed by atoms with E-state index in [-0.39, 0.29) is 18.7 Å². The number of carbonyl (C=O) groups excluding carboxylic acids is 1. The molecule has 2 aliphatic rings. The normalized spacial score (nSPS) is 19.9. The first kappa shape index (κ1) is 16.3. The number of urea groups is 1. The van der Waals surface area contributed by atoms with E-state index in [0.717, 1.165) is 30.9 Å². The van der Waals surface area contributed by atoms with Crippen LogP contribution in [-0.2, 0) is 0 Å². The molecule has 0 bridgehead atoms. The molecule has 2 fully saturated rings. The lowest BCUT2D eigenvalue weighted by atomic mass is 10.0. The number of hydrogen-bond acceptors (Lipinski definition) is 3. The molecule has 0 aromatic heterocycles. The van der Waals surface area contributed by atoms with Crippen LogP contribution in [0.1, 0.15) is 50.6 Å². The van der Waals surface area contributed by atoms with E-state index >= 15 is 0 Å². The van der Waals surface area contributed by atoms with Crippen LogP contribution in [0, 0.1) is 5.92 Å². The van der Waals surface area contributed by atoms with E-state index in [2.05, 4.69) is 22.9 Å². The van der Waals surface area contributed by atoms with E-state index in [1.165, 1.54) is 18.4 Å². The van der Waals surface area contributed by atoms with Gasteiger partial charge in [0.15, 0.2) is 0 Å². The Balaban J connectivity index is 1.51. The molecule has 1 aromatic carbocycles. The quantitative estimate of drug-likeness (QED) is 0.596. The maximum absolute atomic E-state index is 11.7. The minimum absolute atomic E-state index is 0.122. The maximum Gasteiger partial charge on any atom is 0.319 e. The molecule has 23 heavy (non-hydrogen) atoms. The third-order valence-corrected chi connectivity index (χ3v) is 4.68. The fourth-order valence-corrected chi connectivity index (χ4v) is 2.95. The van der Waals surface area contributed by atoms with E-state index in [0.29, 0.717) is 12.1 Å². The van der Waals surface area contributed by atoms with Crippen LogP contribution >= 0.6 is 0 Å². The van der Waals surface area contributed by atoms with Gasteiger partial charge in [0.05, 0.1) is 0 Å². The molecule has 0 saturated heterocycles. The lowest BCUT2D eigenvalue weighted by Gasteiger charge is -2.23. The molecule has 5 nitrogen and oxygen atoms in total. The van der Waals surface area contributed by atoms with Gasteiger partial charge in [0.25, 0.3) is 0 Å². The van der Waals surface area contributed by atoms with E-state index in [1.807, 2.05) is 24.3 Å². The molecule has 1 aromatic rings. The topological polar surface area (TPSA) is 73.4 Å². The highest BCUT2D eigenvalue weighted by molar-refractivity contribution is 5.89. The Hall–Kier alpha value is -1.59. The summed E-state index contributed by atoms with van der Waals surface area (Å²) in [5.41, 5.74) is 2.01. The number of aliphatic hydroxyl groups excluding tert-OH is 1. The fourth-order valence-electron chi connectivity index (χ4n) is 2.95. The lowest BCUT2D eigenvalue weighted by Crippen LogP contribution is -2.34. The fraction of sp³-hybridized carbons (Fsp3) is 0.611. The summed E-state index contributed by atoms with van der Waals surface area (Å²) in [6.07, 6.45) is 5.53. The second-order valence-electron chi connectivity index (χ2n) is 6.84. The molecule has 126 valence electrons. The van der Waals surface area contributed by atoms with Crippen molar-refractivity contribution in [3.05, 3.63) is 29.8 Å². The molecule has 0 aliphatic heterocycles. The second-order valence-corrected chi connectivity index (χ2v) is 6.84. The Morgan fingerprint density at radius 1 is 1.22 bits per heavy atom. The first-order chi connectivity index (χ1) is 11.2. The Kier molecular flexibility index (Phi) is 5.18. The van der Waals surface area contributed by atoms with Gasteiger partial charge in [-0.3, -0.25) is 0 Å². The number of aliphatic hydroxyl groups is 1. The third-order valence-electron chi connectivity index (χ3n) is 4.68. The lowest BCUT2D eigenvalue weighted by molar-refractivity contribution is 0.250. The molecule has 2 saturated carbocycles. The van der Waals surface area contributed by atoms with Gasteiger partial charge in [0.1, 0.15) is 0 Å². The number of hydrogen-bond donors (Lipinski definition) is 4. The van der Waals surface area contributed by atoms with Crippen LogP contribution in [0.5, 0.6) is 0 Å². The molecule has 2 unspecified atom stereocenters. The highest BCUT2D eigenvalue weighted by Gasteiger charge is 2.31. The summed E-state index contributed by atoms with van der Waals surface area (Å²) in [5, 5.41) is 18.6. The van der Waals surface area contributed by atoms with Crippen molar-refractivity contribution >= 4 is 11.7 Å². The van der Waals surface area contributed by atoms with Crippen molar-refractivity contribution in [2.75, 3.05) is 11.9 Å². The molecule has 4 N–H and O–H groups in total. The van der Waals surface area contributed by atoms with Crippen molar-refractivity contribution in [1.29, 1.82) is 0 Å². The van der Waals surface area contributed by atoms with E-state index in [1.54, 1.807) is 0 Å². The second kappa shape index (κ2) is 7.32. The number of rotatable bonds is 8. The Morgan fingerprint density at radius 2 is 1.91 bits per heavy atom. The van der Waals surface area contributed by atoms with Gasteiger partial charge in [-0.2, -0.15) is 0 Å². The minimum atomic E-state index is -0.122. The summed E-state index contributed by atoms with van der Waals surface area (Å²) in [7, 11) is 0. The number of nitrogens with one attached hydrogen (secondary N) is 3. The smallest absolute Gasteiger partial charge is 0.319 e. The summed E-state index contributed by atoms with van der Waals surface area (Å²) >= 11 is 0. The van der Waals surface area contributed by atoms with Crippen molar-refractivity contribution in [2.24, 2.45) is 5.92 Å². The zero-order chi connectivity index (χ0) is 16.2. The van der Waals surface area contributed by atoms with Crippen LogP contribution in [-0.4, -0.2) is 29.8 Å². The molecule has 2 aliphatic carbocycles. The average molecular weight is 317 g/mol. The molecular weight excluding hydrogens is 290 g/mol. The first-order valence-electron chi connectivity index (χ1n) is 8.70. The van der Waals surface area contributed by atoms with Crippen LogP contribution < -0.4 is 16.0 Å². The summed E-state index contributed by atoms with van der Waals surface area (Å²) in [6, 6.07) is 8.86. The molecule has 5 heteroatoms. The summed E-state index contributed by atoms with van der Waals surface area (Å²) < 4.78 is 0. The van der Waals surface area contributed by atoms with Gasteiger partial charge in [-0.15, -0.1) is 0 Å². The molecular formula is C18H27N3O2. The number of amides is 2. The molecule has 0 radical (unpaired) electrons. The third kappa shape index (κ3) is 4.94. The van der Waals surface area contributed by atoms with Gasteiger partial charge in [-0.25, -0.2) is 4.79 Å². The number of carbonyl (C=O) groups is 1. The summed E-state index contributed by atoms with van der Waals surface area (Å²) in [6.45, 7) is 2.38. The molecule has 2 atom stereocenters. The Bertz CT molecular complexity index is 524. The van der Waals surface area contributed by atoms with Gasteiger partial charge in [0, 0.05) is 30.4 Å². The average Bonchev–Trinajstić information content (AvgIpc) is 3.41. The van der Waals surface area contributed by atoms with Crippen molar-refractivity contribution in [2.45, 2.75) is 57.2 Å². The van der Waals surface area contributed by atoms with Gasteiger partial charge < -0.3 is 21.1 Å². The largest absolute Gasteiger partial charge is 0.396 e. The predicted octanol–water partition coefficient (Wildman–Crippen LogP) is 2.78. The molecule has 2 amide bonds. The predicted molar refractivity (Wildman–Crippen MR) is 91.4 cm³/mol. The van der Waals surface area contributed by atoms with Gasteiger partial charge in [-0.05, 0) is 62.6 Å². The van der Waals surface area contributed by atoms with Gasteiger partial charge in [0.2, 0.25) is 0 Å². The van der Waals surface area contributed by atoms with Crippen LogP contribution in [0.4, 0.5) is 10.5 Å². The monoisotopic (exact) mass is 317 g/mol. The van der Waals surface area contributed by atoms with E-state index in [4.69, 9.17) is 0 Å². The molecule has 0 heterocycles. The first-order valence-corrected chi connectivity index (χ1v) is 8.70. The zero-order valence-electron chi connectivity index (χ0n) is 13.7. The number of anilines is 1. The van der Waals surface area contributed by atoms with E-state index in [9.17, 15) is 9.90 Å². The Labute approximate surface area is 137 Å². The Morgan fingerprint density at radius 3 is 2.48 bits per heavy atom.